The molecule has 0 fully saturated rings. The molecule has 0 N–H and O–H groups in total. The number of thiophene rings is 1. The van der Waals surface area contributed by atoms with Gasteiger partial charge in [-0.2, -0.15) is 0 Å². The van der Waals surface area contributed by atoms with Crippen LogP contribution in [0.2, 0.25) is 0 Å². The number of rotatable bonds is 6. The summed E-state index contributed by atoms with van der Waals surface area (Å²) in [6.45, 7) is 0.803. The molecule has 6 heteroatoms. The second-order valence-electron chi connectivity index (χ2n) is 3.05. The first-order valence-corrected chi connectivity index (χ1v) is 6.62. The van der Waals surface area contributed by atoms with Gasteiger partial charge in [-0.15, -0.1) is 22.9 Å². The van der Waals surface area contributed by atoms with E-state index >= 15 is 0 Å². The van der Waals surface area contributed by atoms with Gasteiger partial charge in [-0.3, -0.25) is 4.90 Å². The molecule has 0 spiro atoms. The maximum Gasteiger partial charge on any atom is 0.251 e. The van der Waals surface area contributed by atoms with Gasteiger partial charge in [0.1, 0.15) is 0 Å². The van der Waals surface area contributed by atoms with Crippen LogP contribution in [0.25, 0.3) is 0 Å². The molecule has 0 atom stereocenters. The minimum Gasteiger partial charge on any atom is -0.291 e. The van der Waals surface area contributed by atoms with E-state index in [1.54, 1.807) is 16.2 Å². The highest BCUT2D eigenvalue weighted by Gasteiger charge is 2.12. The quantitative estimate of drug-likeness (QED) is 0.721. The third kappa shape index (κ3) is 5.24. The van der Waals surface area contributed by atoms with Crippen molar-refractivity contribution < 1.29 is 8.78 Å². The molecule has 0 unspecified atom stereocenters. The minimum atomic E-state index is -2.31. The predicted octanol–water partition coefficient (Wildman–Crippen LogP) is 3.82. The van der Waals surface area contributed by atoms with Crippen LogP contribution in [0.5, 0.6) is 0 Å². The van der Waals surface area contributed by atoms with E-state index < -0.39 is 6.43 Å². The fourth-order valence-electron chi connectivity index (χ4n) is 1.21. The van der Waals surface area contributed by atoms with Crippen molar-refractivity contribution in [3.05, 3.63) is 20.8 Å². The Kier molecular flexibility index (Phi) is 6.04. The Morgan fingerprint density at radius 2 is 2.27 bits per heavy atom. The highest BCUT2D eigenvalue weighted by Crippen LogP contribution is 2.21. The third-order valence-corrected chi connectivity index (χ3v) is 3.65. The molecule has 1 aromatic heterocycles. The molecule has 0 aromatic carbocycles. The summed E-state index contributed by atoms with van der Waals surface area (Å²) in [6.07, 6.45) is -2.31. The van der Waals surface area contributed by atoms with Gasteiger partial charge in [-0.1, -0.05) is 0 Å². The van der Waals surface area contributed by atoms with Crippen molar-refractivity contribution in [1.29, 1.82) is 0 Å². The molecule has 0 bridgehead atoms. The highest BCUT2D eigenvalue weighted by atomic mass is 79.9. The summed E-state index contributed by atoms with van der Waals surface area (Å²) in [4.78, 5) is 2.73. The van der Waals surface area contributed by atoms with E-state index in [1.807, 2.05) is 11.4 Å². The zero-order valence-corrected chi connectivity index (χ0v) is 11.1. The average Bonchev–Trinajstić information content (AvgIpc) is 2.50. The molecule has 0 amide bonds. The van der Waals surface area contributed by atoms with Crippen LogP contribution >= 0.6 is 38.9 Å². The van der Waals surface area contributed by atoms with E-state index in [0.717, 1.165) is 9.35 Å². The zero-order valence-electron chi connectivity index (χ0n) is 7.93. The number of hydrogen-bond donors (Lipinski definition) is 0. The SMILES string of the molecule is FC(F)CN(CCCl)Cc1cc(Br)cs1. The Morgan fingerprint density at radius 1 is 1.53 bits per heavy atom. The van der Waals surface area contributed by atoms with Crippen molar-refractivity contribution >= 4 is 38.9 Å². The lowest BCUT2D eigenvalue weighted by molar-refractivity contribution is 0.0883. The number of halogens is 4. The summed E-state index contributed by atoms with van der Waals surface area (Å²) in [7, 11) is 0. The van der Waals surface area contributed by atoms with Crippen LogP contribution in [-0.4, -0.2) is 30.3 Å². The van der Waals surface area contributed by atoms with Gasteiger partial charge in [0.15, 0.2) is 0 Å². The Balaban J connectivity index is 2.50. The Hall–Kier alpha value is 0.290. The topological polar surface area (TPSA) is 3.24 Å². The van der Waals surface area contributed by atoms with Crippen LogP contribution in [0.1, 0.15) is 4.88 Å². The van der Waals surface area contributed by atoms with Crippen LogP contribution in [0.3, 0.4) is 0 Å². The summed E-state index contributed by atoms with van der Waals surface area (Å²) >= 11 is 10.4. The number of alkyl halides is 3. The van der Waals surface area contributed by atoms with Crippen LogP contribution in [0.15, 0.2) is 15.9 Å². The molecule has 0 saturated heterocycles. The summed E-state index contributed by atoms with van der Waals surface area (Å²) in [6, 6.07) is 1.94. The molecular weight excluding hydrogens is 308 g/mol. The van der Waals surface area contributed by atoms with Crippen molar-refractivity contribution in [2.45, 2.75) is 13.0 Å². The van der Waals surface area contributed by atoms with Gasteiger partial charge in [-0.05, 0) is 22.0 Å². The van der Waals surface area contributed by atoms with Gasteiger partial charge in [0, 0.05) is 33.7 Å². The van der Waals surface area contributed by atoms with E-state index in [2.05, 4.69) is 15.9 Å². The molecule has 86 valence electrons. The molecule has 1 heterocycles. The minimum absolute atomic E-state index is 0.220. The van der Waals surface area contributed by atoms with Gasteiger partial charge in [0.25, 0.3) is 6.43 Å². The number of nitrogens with zero attached hydrogens (tertiary/aromatic N) is 1. The fourth-order valence-corrected chi connectivity index (χ4v) is 2.94. The van der Waals surface area contributed by atoms with E-state index in [-0.39, 0.29) is 6.54 Å². The third-order valence-electron chi connectivity index (χ3n) is 1.80. The average molecular weight is 319 g/mol. The zero-order chi connectivity index (χ0) is 11.3. The molecule has 1 nitrogen and oxygen atoms in total. The standard InChI is InChI=1S/C9H11BrClF2NS/c10-7-3-8(15-6-7)4-14(2-1-11)5-9(12)13/h3,6,9H,1-2,4-5H2. The molecule has 0 saturated carbocycles. The predicted molar refractivity (Wildman–Crippen MR) is 64.0 cm³/mol. The van der Waals surface area contributed by atoms with E-state index in [1.165, 1.54) is 0 Å². The fraction of sp³-hybridized carbons (Fsp3) is 0.556. The van der Waals surface area contributed by atoms with E-state index in [4.69, 9.17) is 11.6 Å². The van der Waals surface area contributed by atoms with Crippen LogP contribution in [0.4, 0.5) is 8.78 Å². The molecule has 0 aliphatic heterocycles. The van der Waals surface area contributed by atoms with Gasteiger partial charge in [0.05, 0.1) is 6.54 Å². The monoisotopic (exact) mass is 317 g/mol. The van der Waals surface area contributed by atoms with Crippen molar-refractivity contribution in [3.8, 4) is 0 Å². The van der Waals surface area contributed by atoms with Gasteiger partial charge in [-0.25, -0.2) is 8.78 Å². The first-order valence-electron chi connectivity index (χ1n) is 4.41. The largest absolute Gasteiger partial charge is 0.291 e. The first kappa shape index (κ1) is 13.4. The second kappa shape index (κ2) is 6.78. The first-order chi connectivity index (χ1) is 7.11. The summed E-state index contributed by atoms with van der Waals surface area (Å²) in [5.74, 6) is 0.374. The van der Waals surface area contributed by atoms with Gasteiger partial charge in [0.2, 0.25) is 0 Å². The molecule has 0 aliphatic rings. The smallest absolute Gasteiger partial charge is 0.251 e. The molecule has 0 aliphatic carbocycles. The van der Waals surface area contributed by atoms with Gasteiger partial charge < -0.3 is 0 Å². The van der Waals surface area contributed by atoms with E-state index in [9.17, 15) is 8.78 Å². The summed E-state index contributed by atoms with van der Waals surface area (Å²) < 4.78 is 25.4. The Morgan fingerprint density at radius 3 is 2.73 bits per heavy atom. The highest BCUT2D eigenvalue weighted by molar-refractivity contribution is 9.10. The van der Waals surface area contributed by atoms with Crippen LogP contribution in [0, 0.1) is 0 Å². The van der Waals surface area contributed by atoms with Crippen LogP contribution in [-0.2, 0) is 6.54 Å². The molecule has 15 heavy (non-hydrogen) atoms. The maximum absolute atomic E-state index is 12.2. The number of hydrogen-bond acceptors (Lipinski definition) is 2. The van der Waals surface area contributed by atoms with Crippen molar-refractivity contribution in [2.75, 3.05) is 19.0 Å². The van der Waals surface area contributed by atoms with Crippen molar-refractivity contribution in [2.24, 2.45) is 0 Å². The molecule has 1 rings (SSSR count). The molecule has 1 aromatic rings. The van der Waals surface area contributed by atoms with Crippen LogP contribution < -0.4 is 0 Å². The maximum atomic E-state index is 12.2. The normalized spacial score (nSPS) is 11.6. The lowest BCUT2D eigenvalue weighted by atomic mass is 10.4. The van der Waals surface area contributed by atoms with Crippen molar-refractivity contribution in [3.63, 3.8) is 0 Å². The lowest BCUT2D eigenvalue weighted by Crippen LogP contribution is -2.30. The Labute approximate surface area is 105 Å². The Bertz CT molecular complexity index is 295. The molecule has 0 radical (unpaired) electrons. The van der Waals surface area contributed by atoms with E-state index in [0.29, 0.717) is 19.0 Å². The second-order valence-corrected chi connectivity index (χ2v) is 5.34. The summed E-state index contributed by atoms with van der Waals surface area (Å²) in [5.41, 5.74) is 0. The van der Waals surface area contributed by atoms with Gasteiger partial charge >= 0.3 is 0 Å². The molecular formula is C9H11BrClF2NS. The summed E-state index contributed by atoms with van der Waals surface area (Å²) in [5, 5.41) is 1.94. The lowest BCUT2D eigenvalue weighted by Gasteiger charge is -2.19. The van der Waals surface area contributed by atoms with Crippen molar-refractivity contribution in [1.82, 2.24) is 4.90 Å².